The van der Waals surface area contributed by atoms with Crippen molar-refractivity contribution in [2.75, 3.05) is 11.5 Å². The van der Waals surface area contributed by atoms with Gasteiger partial charge in [-0.3, -0.25) is 0 Å². The molecule has 0 fully saturated rings. The molecule has 0 aliphatic heterocycles. The van der Waals surface area contributed by atoms with Crippen molar-refractivity contribution in [1.82, 2.24) is 0 Å². The molecular formula is C15H12FNS. The van der Waals surface area contributed by atoms with Gasteiger partial charge in [-0.05, 0) is 30.3 Å². The minimum absolute atomic E-state index is 0.275. The molecule has 0 aromatic heterocycles. The van der Waals surface area contributed by atoms with Crippen LogP contribution in [-0.2, 0) is 0 Å². The molecule has 2 N–H and O–H groups in total. The van der Waals surface area contributed by atoms with Gasteiger partial charge in [0, 0.05) is 16.1 Å². The Morgan fingerprint density at radius 2 is 1.89 bits per heavy atom. The summed E-state index contributed by atoms with van der Waals surface area (Å²) in [6, 6.07) is 14.1. The number of nitrogens with two attached hydrogens (primary N) is 1. The molecule has 2 aromatic rings. The highest BCUT2D eigenvalue weighted by Crippen LogP contribution is 2.25. The molecule has 0 saturated carbocycles. The van der Waals surface area contributed by atoms with Crippen LogP contribution in [0.15, 0.2) is 53.4 Å². The van der Waals surface area contributed by atoms with Crippen LogP contribution in [0.2, 0.25) is 0 Å². The lowest BCUT2D eigenvalue weighted by molar-refractivity contribution is 0.624. The Kier molecular flexibility index (Phi) is 4.27. The van der Waals surface area contributed by atoms with E-state index in [-0.39, 0.29) is 5.82 Å². The van der Waals surface area contributed by atoms with Gasteiger partial charge in [-0.1, -0.05) is 30.0 Å². The highest BCUT2D eigenvalue weighted by Gasteiger charge is 2.00. The van der Waals surface area contributed by atoms with Crippen molar-refractivity contribution in [2.45, 2.75) is 4.90 Å². The topological polar surface area (TPSA) is 26.0 Å². The molecule has 0 unspecified atom stereocenters. The Balaban J connectivity index is 1.97. The summed E-state index contributed by atoms with van der Waals surface area (Å²) in [7, 11) is 0. The second kappa shape index (κ2) is 6.13. The largest absolute Gasteiger partial charge is 0.398 e. The van der Waals surface area contributed by atoms with Crippen molar-refractivity contribution in [3.05, 3.63) is 59.9 Å². The first kappa shape index (κ1) is 12.5. The first-order chi connectivity index (χ1) is 8.75. The Morgan fingerprint density at radius 3 is 2.67 bits per heavy atom. The first-order valence-corrected chi connectivity index (χ1v) is 6.46. The average molecular weight is 257 g/mol. The lowest BCUT2D eigenvalue weighted by Crippen LogP contribution is -1.89. The fraction of sp³-hybridized carbons (Fsp3) is 0.0667. The quantitative estimate of drug-likeness (QED) is 0.506. The maximum Gasteiger partial charge on any atom is 0.124 e. The van der Waals surface area contributed by atoms with Gasteiger partial charge in [-0.25, -0.2) is 4.39 Å². The second-order valence-corrected chi connectivity index (χ2v) is 4.66. The zero-order chi connectivity index (χ0) is 12.8. The fourth-order valence-electron chi connectivity index (χ4n) is 1.41. The Morgan fingerprint density at radius 1 is 1.11 bits per heavy atom. The summed E-state index contributed by atoms with van der Waals surface area (Å²) < 4.78 is 13.0. The molecule has 0 aliphatic carbocycles. The van der Waals surface area contributed by atoms with Crippen molar-refractivity contribution < 1.29 is 4.39 Å². The number of anilines is 1. The molecule has 18 heavy (non-hydrogen) atoms. The Labute approximate surface area is 110 Å². The van der Waals surface area contributed by atoms with Gasteiger partial charge < -0.3 is 5.73 Å². The van der Waals surface area contributed by atoms with Crippen LogP contribution in [0, 0.1) is 17.7 Å². The summed E-state index contributed by atoms with van der Waals surface area (Å²) in [6.45, 7) is 0. The summed E-state index contributed by atoms with van der Waals surface area (Å²) in [5, 5.41) is 0. The van der Waals surface area contributed by atoms with E-state index in [1.165, 1.54) is 23.9 Å². The van der Waals surface area contributed by atoms with Gasteiger partial charge in [0.15, 0.2) is 0 Å². The van der Waals surface area contributed by atoms with E-state index in [1.54, 1.807) is 6.07 Å². The summed E-state index contributed by atoms with van der Waals surface area (Å²) in [6.07, 6.45) is 0. The highest BCUT2D eigenvalue weighted by atomic mass is 32.2. The maximum absolute atomic E-state index is 13.0. The third-order valence-corrected chi connectivity index (χ3v) is 3.24. The standard InChI is InChI=1S/C15H12FNS/c16-13-8-9-14(17)15(11-13)18-10-4-7-12-5-2-1-3-6-12/h1-3,5-6,8-9,11H,10,17H2. The van der Waals surface area contributed by atoms with Crippen LogP contribution in [0.1, 0.15) is 5.56 Å². The Hall–Kier alpha value is -1.92. The smallest absolute Gasteiger partial charge is 0.124 e. The number of rotatable bonds is 2. The van der Waals surface area contributed by atoms with E-state index < -0.39 is 0 Å². The van der Waals surface area contributed by atoms with Crippen LogP contribution >= 0.6 is 11.8 Å². The van der Waals surface area contributed by atoms with Gasteiger partial charge in [0.25, 0.3) is 0 Å². The molecule has 1 nitrogen and oxygen atoms in total. The molecule has 90 valence electrons. The number of nitrogen functional groups attached to an aromatic ring is 1. The number of benzene rings is 2. The number of hydrogen-bond donors (Lipinski definition) is 1. The van der Waals surface area contributed by atoms with Crippen molar-refractivity contribution in [2.24, 2.45) is 0 Å². The van der Waals surface area contributed by atoms with Crippen molar-refractivity contribution in [3.63, 3.8) is 0 Å². The van der Waals surface area contributed by atoms with Gasteiger partial charge in [-0.15, -0.1) is 11.8 Å². The number of hydrogen-bond acceptors (Lipinski definition) is 2. The molecule has 0 atom stereocenters. The SMILES string of the molecule is Nc1ccc(F)cc1SCC#Cc1ccccc1. The van der Waals surface area contributed by atoms with Crippen LogP contribution in [0.4, 0.5) is 10.1 Å². The van der Waals surface area contributed by atoms with E-state index in [0.717, 1.165) is 10.5 Å². The molecule has 0 amide bonds. The van der Waals surface area contributed by atoms with Crippen LogP contribution < -0.4 is 5.73 Å². The van der Waals surface area contributed by atoms with E-state index in [9.17, 15) is 4.39 Å². The Bertz CT molecular complexity index is 584. The minimum Gasteiger partial charge on any atom is -0.398 e. The highest BCUT2D eigenvalue weighted by molar-refractivity contribution is 7.99. The fourth-order valence-corrected chi connectivity index (χ4v) is 2.14. The molecule has 2 aromatic carbocycles. The predicted octanol–water partition coefficient (Wildman–Crippen LogP) is 3.55. The molecule has 3 heteroatoms. The number of thioether (sulfide) groups is 1. The third-order valence-electron chi connectivity index (χ3n) is 2.28. The van der Waals surface area contributed by atoms with E-state index in [4.69, 9.17) is 5.73 Å². The van der Waals surface area contributed by atoms with Crippen molar-refractivity contribution in [3.8, 4) is 11.8 Å². The van der Waals surface area contributed by atoms with Crippen LogP contribution in [0.3, 0.4) is 0 Å². The molecule has 0 bridgehead atoms. The van der Waals surface area contributed by atoms with Gasteiger partial charge in [0.1, 0.15) is 5.82 Å². The van der Waals surface area contributed by atoms with Gasteiger partial charge >= 0.3 is 0 Å². The second-order valence-electron chi connectivity index (χ2n) is 3.64. The van der Waals surface area contributed by atoms with E-state index in [2.05, 4.69) is 11.8 Å². The minimum atomic E-state index is -0.275. The average Bonchev–Trinajstić information content (AvgIpc) is 2.40. The summed E-state index contributed by atoms with van der Waals surface area (Å²) in [4.78, 5) is 0.734. The maximum atomic E-state index is 13.0. The van der Waals surface area contributed by atoms with Crippen LogP contribution in [0.25, 0.3) is 0 Å². The molecule has 0 aliphatic rings. The van der Waals surface area contributed by atoms with Gasteiger partial charge in [0.2, 0.25) is 0 Å². The number of halogens is 1. The summed E-state index contributed by atoms with van der Waals surface area (Å²) in [5.74, 6) is 6.39. The molecule has 0 radical (unpaired) electrons. The van der Waals surface area contributed by atoms with Crippen LogP contribution in [0.5, 0.6) is 0 Å². The molecule has 2 rings (SSSR count). The van der Waals surface area contributed by atoms with E-state index in [0.29, 0.717) is 11.4 Å². The van der Waals surface area contributed by atoms with E-state index in [1.807, 2.05) is 30.3 Å². The third kappa shape index (κ3) is 3.54. The molecule has 0 spiro atoms. The summed E-state index contributed by atoms with van der Waals surface area (Å²) >= 11 is 1.44. The molecule has 0 heterocycles. The predicted molar refractivity (Wildman–Crippen MR) is 74.9 cm³/mol. The lowest BCUT2D eigenvalue weighted by atomic mass is 10.2. The van der Waals surface area contributed by atoms with Crippen LogP contribution in [-0.4, -0.2) is 5.75 Å². The van der Waals surface area contributed by atoms with Crippen molar-refractivity contribution in [1.29, 1.82) is 0 Å². The molecular weight excluding hydrogens is 245 g/mol. The first-order valence-electron chi connectivity index (χ1n) is 5.47. The normalized spacial score (nSPS) is 9.61. The zero-order valence-corrected chi connectivity index (χ0v) is 10.5. The summed E-state index contributed by atoms with van der Waals surface area (Å²) in [5.41, 5.74) is 7.31. The zero-order valence-electron chi connectivity index (χ0n) is 9.69. The van der Waals surface area contributed by atoms with Gasteiger partial charge in [-0.2, -0.15) is 0 Å². The van der Waals surface area contributed by atoms with Gasteiger partial charge in [0.05, 0.1) is 5.75 Å². The lowest BCUT2D eigenvalue weighted by Gasteiger charge is -2.02. The monoisotopic (exact) mass is 257 g/mol. The van der Waals surface area contributed by atoms with Crippen molar-refractivity contribution >= 4 is 17.4 Å². The molecule has 0 saturated heterocycles. The van der Waals surface area contributed by atoms with E-state index >= 15 is 0 Å².